The quantitative estimate of drug-likeness (QED) is 0.535. The van der Waals surface area contributed by atoms with Gasteiger partial charge in [0.25, 0.3) is 0 Å². The van der Waals surface area contributed by atoms with E-state index < -0.39 is 0 Å². The molecule has 0 heterocycles. The Morgan fingerprint density at radius 3 is 1.41 bits per heavy atom. The smallest absolute Gasteiger partial charge is 0.280 e. The Labute approximate surface area is 128 Å². The Balaban J connectivity index is 0.000000770. The lowest BCUT2D eigenvalue weighted by Gasteiger charge is -2.24. The zero-order valence-electron chi connectivity index (χ0n) is 11.7. The van der Waals surface area contributed by atoms with Crippen LogP contribution >= 0.6 is 25.8 Å². The summed E-state index contributed by atoms with van der Waals surface area (Å²) < 4.78 is 0. The molecule has 17 heavy (non-hydrogen) atoms. The van der Waals surface area contributed by atoms with Crippen molar-refractivity contribution in [1.29, 1.82) is 0 Å². The second-order valence-electron chi connectivity index (χ2n) is 6.11. The molecule has 1 radical (unpaired) electrons. The van der Waals surface area contributed by atoms with E-state index >= 15 is 0 Å². The van der Waals surface area contributed by atoms with Crippen LogP contribution in [0.1, 0.15) is 52.7 Å². The minimum atomic E-state index is 0.0417. The molecule has 1 aromatic carbocycles. The van der Waals surface area contributed by atoms with E-state index in [1.165, 1.54) is 11.1 Å². The molecule has 93 valence electrons. The molecular weight excluding hydrogens is 352 g/mol. The van der Waals surface area contributed by atoms with Crippen molar-refractivity contribution >= 4 is 41.8 Å². The minimum absolute atomic E-state index is 0.0417. The first kappa shape index (κ1) is 17.9. The molecule has 0 saturated carbocycles. The van der Waals surface area contributed by atoms with Crippen molar-refractivity contribution < 1.29 is 0 Å². The van der Waals surface area contributed by atoms with Crippen molar-refractivity contribution in [2.45, 2.75) is 52.4 Å². The van der Waals surface area contributed by atoms with Gasteiger partial charge in [-0.05, 0) is 28.0 Å². The maximum Gasteiger partial charge on any atom is 0.560 e. The third-order valence-electron chi connectivity index (χ3n) is 2.52. The summed E-state index contributed by atoms with van der Waals surface area (Å²) in [6.07, 6.45) is 0. The van der Waals surface area contributed by atoms with Gasteiger partial charge in [-0.25, -0.2) is 0 Å². The van der Waals surface area contributed by atoms with Crippen LogP contribution in [-0.2, 0) is 10.8 Å². The molecule has 0 saturated heterocycles. The number of hydrogen-bond acceptors (Lipinski definition) is 0. The van der Waals surface area contributed by atoms with Crippen LogP contribution < -0.4 is 0 Å². The first-order chi connectivity index (χ1) is 7.62. The molecule has 1 rings (SSSR count). The van der Waals surface area contributed by atoms with E-state index in [0.717, 1.165) is 0 Å². The predicted molar refractivity (Wildman–Crippen MR) is 86.3 cm³/mol. The second kappa shape index (κ2) is 7.51. The number of hydrogen-bond donors (Lipinski definition) is 0. The molecule has 0 atom stereocenters. The summed E-state index contributed by atoms with van der Waals surface area (Å²) in [5.41, 5.74) is 3.17. The van der Waals surface area contributed by atoms with Crippen LogP contribution in [0.3, 0.4) is 0 Å². The van der Waals surface area contributed by atoms with Crippen molar-refractivity contribution in [3.05, 3.63) is 35.4 Å². The molecule has 0 aliphatic carbocycles. The van der Waals surface area contributed by atoms with Crippen molar-refractivity contribution in [1.82, 2.24) is 0 Å². The molecule has 1 aromatic rings. The Morgan fingerprint density at radius 1 is 0.882 bits per heavy atom. The SMILES string of the molecule is CC(C)(C)c1c[c]cc(C(C)(C)C)c1.[Br][Mg][Br]. The van der Waals surface area contributed by atoms with Crippen LogP contribution in [0, 0.1) is 6.07 Å². The maximum atomic E-state index is 3.24. The van der Waals surface area contributed by atoms with Gasteiger partial charge in [0.1, 0.15) is 0 Å². The van der Waals surface area contributed by atoms with Crippen molar-refractivity contribution in [2.75, 3.05) is 0 Å². The van der Waals surface area contributed by atoms with Crippen molar-refractivity contribution in [2.24, 2.45) is 0 Å². The third kappa shape index (κ3) is 7.19. The third-order valence-corrected chi connectivity index (χ3v) is 2.52. The summed E-state index contributed by atoms with van der Waals surface area (Å²) in [4.78, 5) is 0. The van der Waals surface area contributed by atoms with E-state index in [2.05, 4.69) is 91.6 Å². The molecule has 0 unspecified atom stereocenters. The molecule has 0 amide bonds. The fraction of sp³-hybridized carbons (Fsp3) is 0.571. The van der Waals surface area contributed by atoms with E-state index in [-0.39, 0.29) is 26.9 Å². The maximum absolute atomic E-state index is 3.24. The van der Waals surface area contributed by atoms with E-state index in [9.17, 15) is 0 Å². The summed E-state index contributed by atoms with van der Waals surface area (Å²) >= 11 is 6.44. The first-order valence-corrected chi connectivity index (χ1v) is 13.6. The van der Waals surface area contributed by atoms with Gasteiger partial charge in [-0.3, -0.25) is 25.8 Å². The lowest BCUT2D eigenvalue weighted by Crippen LogP contribution is -2.15. The van der Waals surface area contributed by atoms with Gasteiger partial charge in [0.2, 0.25) is 0 Å². The Bertz CT molecular complexity index is 306. The van der Waals surface area contributed by atoms with Crippen LogP contribution in [0.2, 0.25) is 0 Å². The van der Waals surface area contributed by atoms with Gasteiger partial charge in [-0.15, -0.1) is 0 Å². The van der Waals surface area contributed by atoms with Gasteiger partial charge in [-0.1, -0.05) is 59.7 Å². The average molecular weight is 373 g/mol. The molecule has 0 aromatic heterocycles. The largest absolute Gasteiger partial charge is 0.560 e. The number of benzene rings is 1. The molecule has 3 heteroatoms. The van der Waals surface area contributed by atoms with Crippen LogP contribution in [0.5, 0.6) is 0 Å². The van der Waals surface area contributed by atoms with E-state index in [1.54, 1.807) is 0 Å². The van der Waals surface area contributed by atoms with Gasteiger partial charge in [0.05, 0.1) is 0 Å². The van der Waals surface area contributed by atoms with Crippen molar-refractivity contribution in [3.63, 3.8) is 0 Å². The standard InChI is InChI=1S/C14H21.2BrH.Mg/c1-13(2,3)11-8-7-9-12(10-11)14(4,5)6;;;/h8-10H,1-6H3;2*1H;/q;;;+2/p-2. The molecular formula is C14H21Br2Mg. The zero-order valence-corrected chi connectivity index (χ0v) is 16.3. The van der Waals surface area contributed by atoms with Gasteiger partial charge < -0.3 is 0 Å². The number of rotatable bonds is 0. The Kier molecular flexibility index (Phi) is 7.93. The highest BCUT2D eigenvalue weighted by molar-refractivity contribution is 9.47. The highest BCUT2D eigenvalue weighted by atomic mass is 79.9. The molecule has 0 aliphatic rings. The molecule has 0 spiro atoms. The molecule has 0 nitrogen and oxygen atoms in total. The van der Waals surface area contributed by atoms with Gasteiger partial charge in [-0.2, -0.15) is 0 Å². The van der Waals surface area contributed by atoms with E-state index in [4.69, 9.17) is 0 Å². The Hall–Kier alpha value is 0.946. The summed E-state index contributed by atoms with van der Waals surface area (Å²) in [5, 5.41) is 0. The lowest BCUT2D eigenvalue weighted by atomic mass is 9.81. The second-order valence-corrected chi connectivity index (χ2v) is 14.2. The monoisotopic (exact) mass is 371 g/mol. The molecule has 0 fully saturated rings. The van der Waals surface area contributed by atoms with Crippen LogP contribution in [0.25, 0.3) is 0 Å². The van der Waals surface area contributed by atoms with Crippen molar-refractivity contribution in [3.8, 4) is 0 Å². The topological polar surface area (TPSA) is 0 Å². The number of halogens is 2. The normalized spacial score (nSPS) is 11.3. The fourth-order valence-electron chi connectivity index (χ4n) is 1.34. The minimum Gasteiger partial charge on any atom is -0.280 e. The predicted octanol–water partition coefficient (Wildman–Crippen LogP) is 5.39. The summed E-state index contributed by atoms with van der Waals surface area (Å²) in [7, 11) is 0. The average Bonchev–Trinajstić information content (AvgIpc) is 2.16. The van der Waals surface area contributed by atoms with E-state index in [0.29, 0.717) is 0 Å². The van der Waals surface area contributed by atoms with Crippen LogP contribution in [0.4, 0.5) is 0 Å². The molecule has 0 N–H and O–H groups in total. The summed E-state index contributed by atoms with van der Waals surface area (Å²) in [6.45, 7) is 13.4. The Morgan fingerprint density at radius 2 is 1.18 bits per heavy atom. The van der Waals surface area contributed by atoms with Crippen LogP contribution in [-0.4, -0.2) is 16.0 Å². The lowest BCUT2D eigenvalue weighted by molar-refractivity contribution is 0.568. The fourth-order valence-corrected chi connectivity index (χ4v) is 1.34. The summed E-state index contributed by atoms with van der Waals surface area (Å²) in [5.74, 6) is 0. The molecule has 0 bridgehead atoms. The highest BCUT2D eigenvalue weighted by Gasteiger charge is 2.18. The van der Waals surface area contributed by atoms with E-state index in [1.807, 2.05) is 0 Å². The van der Waals surface area contributed by atoms with Gasteiger partial charge in [0, 0.05) is 0 Å². The first-order valence-electron chi connectivity index (χ1n) is 5.77. The zero-order chi connectivity index (χ0) is 13.7. The highest BCUT2D eigenvalue weighted by Crippen LogP contribution is 2.28. The van der Waals surface area contributed by atoms with Gasteiger partial charge in [0.15, 0.2) is 0 Å². The van der Waals surface area contributed by atoms with Crippen LogP contribution in [0.15, 0.2) is 18.2 Å². The molecule has 0 aliphatic heterocycles. The van der Waals surface area contributed by atoms with Gasteiger partial charge >= 0.3 is 16.0 Å². The summed E-state index contributed by atoms with van der Waals surface area (Å²) in [6, 6.07) is 9.73.